The highest BCUT2D eigenvalue weighted by molar-refractivity contribution is 7.45. The molecule has 0 N–H and O–H groups in total. The molecule has 2 aromatic carbocycles. The van der Waals surface area contributed by atoms with Crippen molar-refractivity contribution in [3.63, 3.8) is 0 Å². The van der Waals surface area contributed by atoms with Gasteiger partial charge in [-0.05, 0) is 43.4 Å². The maximum absolute atomic E-state index is 6.12. The molecular weight excluding hydrogens is 331 g/mol. The first kappa shape index (κ1) is 17.4. The molecule has 0 spiro atoms. The predicted octanol–water partition coefficient (Wildman–Crippen LogP) is 4.94. The van der Waals surface area contributed by atoms with Crippen LogP contribution < -0.4 is 9.05 Å². The van der Waals surface area contributed by atoms with E-state index in [4.69, 9.17) is 9.05 Å². The third-order valence-electron chi connectivity index (χ3n) is 3.55. The highest BCUT2D eigenvalue weighted by Crippen LogP contribution is 2.42. The molecule has 0 aliphatic rings. The van der Waals surface area contributed by atoms with Gasteiger partial charge in [-0.1, -0.05) is 42.5 Å². The number of benzene rings is 2. The minimum atomic E-state index is -1.27. The van der Waals surface area contributed by atoms with Crippen LogP contribution in [0.3, 0.4) is 0 Å². The van der Waals surface area contributed by atoms with Crippen LogP contribution in [0.4, 0.5) is 0 Å². The molecule has 0 fully saturated rings. The van der Waals surface area contributed by atoms with Crippen LogP contribution in [-0.4, -0.2) is 23.2 Å². The zero-order valence-electron chi connectivity index (χ0n) is 14.2. The Hall–Kier alpha value is -2.42. The predicted molar refractivity (Wildman–Crippen MR) is 102 cm³/mol. The maximum Gasteiger partial charge on any atom is 0.384 e. The minimum absolute atomic E-state index is 0.794. The molecule has 25 heavy (non-hydrogen) atoms. The molecule has 0 radical (unpaired) electrons. The van der Waals surface area contributed by atoms with E-state index in [1.165, 1.54) is 0 Å². The summed E-state index contributed by atoms with van der Waals surface area (Å²) in [5.74, 6) is 1.60. The molecule has 5 heteroatoms. The highest BCUT2D eigenvalue weighted by atomic mass is 31.2. The van der Waals surface area contributed by atoms with E-state index in [2.05, 4.69) is 9.65 Å². The first-order valence-electron chi connectivity index (χ1n) is 8.18. The van der Waals surface area contributed by atoms with Crippen molar-refractivity contribution in [2.45, 2.75) is 6.42 Å². The largest absolute Gasteiger partial charge is 0.427 e. The zero-order chi connectivity index (χ0) is 17.3. The van der Waals surface area contributed by atoms with Crippen LogP contribution in [0.15, 0.2) is 85.1 Å². The molecule has 3 aromatic rings. The van der Waals surface area contributed by atoms with Gasteiger partial charge in [-0.15, -0.1) is 0 Å². The monoisotopic (exact) mass is 352 g/mol. The van der Waals surface area contributed by atoms with E-state index in [9.17, 15) is 0 Å². The molecule has 0 atom stereocenters. The van der Waals surface area contributed by atoms with Crippen LogP contribution in [0.25, 0.3) is 0 Å². The number of pyridine rings is 1. The molecule has 3 rings (SSSR count). The Morgan fingerprint density at radius 1 is 0.800 bits per heavy atom. The van der Waals surface area contributed by atoms with E-state index in [0.29, 0.717) is 0 Å². The number of nitrogens with zero attached hydrogens (tertiary/aromatic N) is 2. The first-order chi connectivity index (χ1) is 12.3. The average Bonchev–Trinajstić information content (AvgIpc) is 2.68. The lowest BCUT2D eigenvalue weighted by atomic mass is 10.3. The van der Waals surface area contributed by atoms with Crippen LogP contribution >= 0.6 is 8.53 Å². The van der Waals surface area contributed by atoms with Gasteiger partial charge in [0.2, 0.25) is 0 Å². The summed E-state index contributed by atoms with van der Waals surface area (Å²) < 4.78 is 14.3. The Labute approximate surface area is 150 Å². The third-order valence-corrected chi connectivity index (χ3v) is 5.04. The van der Waals surface area contributed by atoms with Gasteiger partial charge in [-0.3, -0.25) is 4.98 Å². The van der Waals surface area contributed by atoms with Crippen LogP contribution in [0, 0.1) is 0 Å². The first-order valence-corrected chi connectivity index (χ1v) is 9.31. The summed E-state index contributed by atoms with van der Waals surface area (Å²) in [6, 6.07) is 25.5. The molecule has 0 aliphatic heterocycles. The van der Waals surface area contributed by atoms with Crippen molar-refractivity contribution >= 4 is 8.53 Å². The minimum Gasteiger partial charge on any atom is -0.427 e. The number of rotatable bonds is 8. The van der Waals surface area contributed by atoms with Gasteiger partial charge in [0.25, 0.3) is 0 Å². The summed E-state index contributed by atoms with van der Waals surface area (Å²) in [5, 5.41) is 0. The normalized spacial score (nSPS) is 10.8. The fourth-order valence-electron chi connectivity index (χ4n) is 2.21. The van der Waals surface area contributed by atoms with Crippen LogP contribution in [0.5, 0.6) is 11.5 Å². The average molecular weight is 352 g/mol. The molecule has 0 unspecified atom stereocenters. The molecule has 0 saturated carbocycles. The van der Waals surface area contributed by atoms with Crippen molar-refractivity contribution in [2.75, 3.05) is 13.6 Å². The van der Waals surface area contributed by atoms with Crippen molar-refractivity contribution in [1.29, 1.82) is 0 Å². The second kappa shape index (κ2) is 9.16. The molecule has 1 aromatic heterocycles. The van der Waals surface area contributed by atoms with Gasteiger partial charge in [-0.25, -0.2) is 4.67 Å². The van der Waals surface area contributed by atoms with Crippen LogP contribution in [0.2, 0.25) is 0 Å². The Bertz CT molecular complexity index is 700. The molecule has 0 amide bonds. The maximum atomic E-state index is 6.12. The molecule has 1 heterocycles. The summed E-state index contributed by atoms with van der Waals surface area (Å²) in [4.78, 5) is 4.38. The molecule has 4 nitrogen and oxygen atoms in total. The van der Waals surface area contributed by atoms with E-state index < -0.39 is 8.53 Å². The standard InChI is InChI=1S/C20H21N2O2P/c1-22(17-15-18-10-8-9-16-21-18)25(23-19-11-4-2-5-12-19)24-20-13-6-3-7-14-20/h2-14,16H,15,17H2,1H3. The number of para-hydroxylation sites is 2. The van der Waals surface area contributed by atoms with Gasteiger partial charge < -0.3 is 9.05 Å². The second-order valence-electron chi connectivity index (χ2n) is 5.50. The van der Waals surface area contributed by atoms with Crippen molar-refractivity contribution in [1.82, 2.24) is 9.65 Å². The Morgan fingerprint density at radius 3 is 1.88 bits per heavy atom. The van der Waals surface area contributed by atoms with E-state index in [1.54, 1.807) is 0 Å². The molecule has 0 aliphatic carbocycles. The SMILES string of the molecule is CN(CCc1ccccn1)P(Oc1ccccc1)Oc1ccccc1. The summed E-state index contributed by atoms with van der Waals surface area (Å²) >= 11 is 0. The summed E-state index contributed by atoms with van der Waals surface area (Å²) in [7, 11) is 0.749. The van der Waals surface area contributed by atoms with Gasteiger partial charge in [-0.2, -0.15) is 0 Å². The lowest BCUT2D eigenvalue weighted by molar-refractivity contribution is 0.389. The number of aromatic nitrogens is 1. The van der Waals surface area contributed by atoms with Gasteiger partial charge in [0, 0.05) is 24.9 Å². The van der Waals surface area contributed by atoms with Gasteiger partial charge in [0.05, 0.1) is 0 Å². The molecule has 128 valence electrons. The second-order valence-corrected chi connectivity index (χ2v) is 7.02. The molecular formula is C20H21N2O2P. The fourth-order valence-corrected chi connectivity index (χ4v) is 3.39. The fraction of sp³-hybridized carbons (Fsp3) is 0.150. The number of hydrogen-bond donors (Lipinski definition) is 0. The Kier molecular flexibility index (Phi) is 6.38. The van der Waals surface area contributed by atoms with E-state index in [1.807, 2.05) is 92.1 Å². The van der Waals surface area contributed by atoms with Crippen LogP contribution in [0.1, 0.15) is 5.69 Å². The van der Waals surface area contributed by atoms with E-state index in [0.717, 1.165) is 30.2 Å². The topological polar surface area (TPSA) is 34.6 Å². The highest BCUT2D eigenvalue weighted by Gasteiger charge is 2.21. The lowest BCUT2D eigenvalue weighted by Crippen LogP contribution is -2.21. The van der Waals surface area contributed by atoms with Gasteiger partial charge in [0.1, 0.15) is 11.5 Å². The molecule has 0 bridgehead atoms. The number of hydrogen-bond acceptors (Lipinski definition) is 4. The lowest BCUT2D eigenvalue weighted by Gasteiger charge is -2.26. The quantitative estimate of drug-likeness (QED) is 0.538. The van der Waals surface area contributed by atoms with Crippen molar-refractivity contribution in [2.24, 2.45) is 0 Å². The van der Waals surface area contributed by atoms with Gasteiger partial charge in [0.15, 0.2) is 0 Å². The Balaban J connectivity index is 1.68. The van der Waals surface area contributed by atoms with Crippen molar-refractivity contribution in [3.05, 3.63) is 90.8 Å². The smallest absolute Gasteiger partial charge is 0.384 e. The van der Waals surface area contributed by atoms with Crippen molar-refractivity contribution < 1.29 is 9.05 Å². The molecule has 0 saturated heterocycles. The van der Waals surface area contributed by atoms with Crippen LogP contribution in [-0.2, 0) is 6.42 Å². The zero-order valence-corrected chi connectivity index (χ0v) is 15.0. The Morgan fingerprint density at radius 2 is 1.36 bits per heavy atom. The van der Waals surface area contributed by atoms with Gasteiger partial charge >= 0.3 is 8.53 Å². The third kappa shape index (κ3) is 5.56. The number of likely N-dealkylation sites (N-methyl/N-ethyl adjacent to an activating group) is 1. The summed E-state index contributed by atoms with van der Waals surface area (Å²) in [6.45, 7) is 0.794. The summed E-state index contributed by atoms with van der Waals surface area (Å²) in [5.41, 5.74) is 1.06. The van der Waals surface area contributed by atoms with E-state index in [-0.39, 0.29) is 0 Å². The van der Waals surface area contributed by atoms with Crippen molar-refractivity contribution in [3.8, 4) is 11.5 Å². The summed E-state index contributed by atoms with van der Waals surface area (Å²) in [6.07, 6.45) is 2.66. The van der Waals surface area contributed by atoms with E-state index >= 15 is 0 Å².